The van der Waals surface area contributed by atoms with Gasteiger partial charge in [0.2, 0.25) is 0 Å². The van der Waals surface area contributed by atoms with E-state index in [1.807, 2.05) is 0 Å². The van der Waals surface area contributed by atoms with Gasteiger partial charge in [-0.05, 0) is 45.2 Å². The molecule has 0 radical (unpaired) electrons. The number of piperidine rings is 1. The third-order valence-corrected chi connectivity index (χ3v) is 4.75. The molecule has 0 bridgehead atoms. The van der Waals surface area contributed by atoms with Crippen LogP contribution in [0, 0.1) is 5.92 Å². The van der Waals surface area contributed by atoms with Crippen LogP contribution in [-0.4, -0.2) is 36.0 Å². The predicted octanol–water partition coefficient (Wildman–Crippen LogP) is 2.37. The van der Waals surface area contributed by atoms with E-state index < -0.39 is 0 Å². The molecule has 1 aromatic heterocycles. The molecule has 1 amide bonds. The number of nitrogens with two attached hydrogens (primary N) is 1. The van der Waals surface area contributed by atoms with Crippen molar-refractivity contribution >= 4 is 5.91 Å². The van der Waals surface area contributed by atoms with Crippen LogP contribution in [-0.2, 0) is 6.54 Å². The van der Waals surface area contributed by atoms with E-state index >= 15 is 0 Å². The van der Waals surface area contributed by atoms with Gasteiger partial charge in [-0.1, -0.05) is 13.3 Å². The van der Waals surface area contributed by atoms with Crippen LogP contribution in [0.15, 0.2) is 16.7 Å². The molecule has 1 unspecified atom stereocenters. The lowest BCUT2D eigenvalue weighted by atomic mass is 9.91. The van der Waals surface area contributed by atoms with Crippen molar-refractivity contribution in [2.24, 2.45) is 11.7 Å². The van der Waals surface area contributed by atoms with Crippen molar-refractivity contribution in [2.45, 2.75) is 52.1 Å². The van der Waals surface area contributed by atoms with Gasteiger partial charge in [-0.2, -0.15) is 0 Å². The lowest BCUT2D eigenvalue weighted by Gasteiger charge is -2.43. The third kappa shape index (κ3) is 4.11. The van der Waals surface area contributed by atoms with Gasteiger partial charge in [-0.15, -0.1) is 0 Å². The molecule has 1 saturated heterocycles. The molecule has 1 aromatic rings. The number of hydrogen-bond acceptors (Lipinski definition) is 4. The number of likely N-dealkylation sites (tertiary alicyclic amines) is 1. The summed E-state index contributed by atoms with van der Waals surface area (Å²) in [6.45, 7) is 9.84. The number of nitrogens with zero attached hydrogens (tertiary/aromatic N) is 1. The van der Waals surface area contributed by atoms with Crippen LogP contribution in [0.3, 0.4) is 0 Å². The number of amides is 1. The number of rotatable bonds is 6. The van der Waals surface area contributed by atoms with Gasteiger partial charge in [0.15, 0.2) is 0 Å². The molecule has 1 atom stereocenters. The minimum atomic E-state index is -0.0967. The van der Waals surface area contributed by atoms with Gasteiger partial charge < -0.3 is 15.5 Å². The van der Waals surface area contributed by atoms with Gasteiger partial charge in [0.25, 0.3) is 5.91 Å². The second-order valence-electron chi connectivity index (χ2n) is 6.86. The highest BCUT2D eigenvalue weighted by atomic mass is 16.3. The number of furan rings is 1. The van der Waals surface area contributed by atoms with Crippen LogP contribution in [0.1, 0.15) is 56.2 Å². The van der Waals surface area contributed by atoms with E-state index in [2.05, 4.69) is 31.0 Å². The molecule has 0 aromatic carbocycles. The summed E-state index contributed by atoms with van der Waals surface area (Å²) in [4.78, 5) is 14.7. The van der Waals surface area contributed by atoms with Crippen molar-refractivity contribution in [2.75, 3.05) is 19.6 Å². The van der Waals surface area contributed by atoms with Crippen LogP contribution in [0.4, 0.5) is 0 Å². The minimum absolute atomic E-state index is 0.0378. The van der Waals surface area contributed by atoms with E-state index in [1.54, 1.807) is 6.07 Å². The zero-order valence-corrected chi connectivity index (χ0v) is 14.0. The molecule has 1 fully saturated rings. The highest BCUT2D eigenvalue weighted by molar-refractivity contribution is 5.94. The van der Waals surface area contributed by atoms with Crippen LogP contribution in [0.25, 0.3) is 0 Å². The molecule has 1 aliphatic rings. The van der Waals surface area contributed by atoms with Crippen LogP contribution >= 0.6 is 0 Å². The SMILES string of the molecule is CCC1CCCN(C(C)(C)CNC(=O)c2coc(CN)c2)C1. The Hall–Kier alpha value is -1.33. The maximum absolute atomic E-state index is 12.2. The number of carbonyl (C=O) groups excluding carboxylic acids is 1. The van der Waals surface area contributed by atoms with Crippen LogP contribution < -0.4 is 11.1 Å². The van der Waals surface area contributed by atoms with E-state index in [-0.39, 0.29) is 11.4 Å². The quantitative estimate of drug-likeness (QED) is 0.846. The third-order valence-electron chi connectivity index (χ3n) is 4.75. The highest BCUT2D eigenvalue weighted by Crippen LogP contribution is 2.25. The second-order valence-corrected chi connectivity index (χ2v) is 6.86. The second kappa shape index (κ2) is 7.29. The molecule has 0 spiro atoms. The Bertz CT molecular complexity index is 496. The average Bonchev–Trinajstić information content (AvgIpc) is 3.02. The summed E-state index contributed by atoms with van der Waals surface area (Å²) in [5.41, 5.74) is 6.00. The Morgan fingerprint density at radius 3 is 2.95 bits per heavy atom. The van der Waals surface area contributed by atoms with Crippen LogP contribution in [0.2, 0.25) is 0 Å². The van der Waals surface area contributed by atoms with Gasteiger partial charge in [-0.3, -0.25) is 9.69 Å². The minimum Gasteiger partial charge on any atom is -0.467 e. The van der Waals surface area contributed by atoms with Gasteiger partial charge in [0, 0.05) is 18.6 Å². The molecule has 22 heavy (non-hydrogen) atoms. The van der Waals surface area contributed by atoms with Crippen molar-refractivity contribution in [1.82, 2.24) is 10.2 Å². The first kappa shape index (κ1) is 17.0. The Morgan fingerprint density at radius 1 is 1.55 bits per heavy atom. The fourth-order valence-corrected chi connectivity index (χ4v) is 3.07. The molecule has 5 heteroatoms. The Morgan fingerprint density at radius 2 is 2.32 bits per heavy atom. The molecule has 1 aliphatic heterocycles. The van der Waals surface area contributed by atoms with Crippen molar-refractivity contribution in [1.29, 1.82) is 0 Å². The van der Waals surface area contributed by atoms with Crippen molar-refractivity contribution in [3.05, 3.63) is 23.7 Å². The summed E-state index contributed by atoms with van der Waals surface area (Å²) < 4.78 is 5.22. The van der Waals surface area contributed by atoms with E-state index in [0.29, 0.717) is 24.4 Å². The molecule has 124 valence electrons. The lowest BCUT2D eigenvalue weighted by molar-refractivity contribution is 0.0612. The largest absolute Gasteiger partial charge is 0.467 e. The van der Waals surface area contributed by atoms with E-state index in [9.17, 15) is 4.79 Å². The summed E-state index contributed by atoms with van der Waals surface area (Å²) in [5, 5.41) is 3.03. The predicted molar refractivity (Wildman–Crippen MR) is 87.6 cm³/mol. The fourth-order valence-electron chi connectivity index (χ4n) is 3.07. The summed E-state index contributed by atoms with van der Waals surface area (Å²) in [6, 6.07) is 1.70. The molecule has 5 nitrogen and oxygen atoms in total. The molecular formula is C17H29N3O2. The number of nitrogens with one attached hydrogen (secondary N) is 1. The maximum atomic E-state index is 12.2. The van der Waals surface area contributed by atoms with Gasteiger partial charge >= 0.3 is 0 Å². The number of hydrogen-bond donors (Lipinski definition) is 2. The Kier molecular flexibility index (Phi) is 5.64. The van der Waals surface area contributed by atoms with Gasteiger partial charge in [0.05, 0.1) is 12.1 Å². The highest BCUT2D eigenvalue weighted by Gasteiger charge is 2.31. The molecular weight excluding hydrogens is 278 g/mol. The van der Waals surface area contributed by atoms with Crippen molar-refractivity contribution in [3.63, 3.8) is 0 Å². The normalized spacial score (nSPS) is 20.1. The zero-order chi connectivity index (χ0) is 16.2. The van der Waals surface area contributed by atoms with E-state index in [1.165, 1.54) is 25.5 Å². The van der Waals surface area contributed by atoms with Crippen LogP contribution in [0.5, 0.6) is 0 Å². The van der Waals surface area contributed by atoms with E-state index in [4.69, 9.17) is 10.2 Å². The first-order valence-corrected chi connectivity index (χ1v) is 8.27. The molecule has 2 rings (SSSR count). The zero-order valence-electron chi connectivity index (χ0n) is 14.0. The van der Waals surface area contributed by atoms with Crippen molar-refractivity contribution < 1.29 is 9.21 Å². The van der Waals surface area contributed by atoms with Gasteiger partial charge in [-0.25, -0.2) is 0 Å². The fraction of sp³-hybridized carbons (Fsp3) is 0.706. The lowest BCUT2D eigenvalue weighted by Crippen LogP contribution is -2.54. The van der Waals surface area contributed by atoms with Gasteiger partial charge in [0.1, 0.15) is 12.0 Å². The summed E-state index contributed by atoms with van der Waals surface area (Å²) in [6.07, 6.45) is 5.28. The standard InChI is InChI=1S/C17H29N3O2/c1-4-13-6-5-7-20(10-13)17(2,3)12-19-16(21)14-8-15(9-18)22-11-14/h8,11,13H,4-7,9-10,12,18H2,1-3H3,(H,19,21). The number of carbonyl (C=O) groups is 1. The molecule has 2 heterocycles. The molecule has 3 N–H and O–H groups in total. The van der Waals surface area contributed by atoms with E-state index in [0.717, 1.165) is 19.0 Å². The smallest absolute Gasteiger partial charge is 0.254 e. The topological polar surface area (TPSA) is 71.5 Å². The summed E-state index contributed by atoms with van der Waals surface area (Å²) >= 11 is 0. The first-order chi connectivity index (χ1) is 10.5. The maximum Gasteiger partial charge on any atom is 0.254 e. The molecule has 0 saturated carbocycles. The summed E-state index contributed by atoms with van der Waals surface area (Å²) in [5.74, 6) is 1.32. The molecule has 0 aliphatic carbocycles. The summed E-state index contributed by atoms with van der Waals surface area (Å²) in [7, 11) is 0. The average molecular weight is 307 g/mol. The monoisotopic (exact) mass is 307 g/mol. The Labute approximate surface area is 133 Å². The first-order valence-electron chi connectivity index (χ1n) is 8.27. The van der Waals surface area contributed by atoms with Crippen molar-refractivity contribution in [3.8, 4) is 0 Å². The Balaban J connectivity index is 1.89.